The molecule has 14 heavy (non-hydrogen) atoms. The normalized spacial score (nSPS) is 31.7. The summed E-state index contributed by atoms with van der Waals surface area (Å²) in [4.78, 5) is 0. The van der Waals surface area contributed by atoms with Crippen LogP contribution in [0.25, 0.3) is 0 Å². The van der Waals surface area contributed by atoms with E-state index in [2.05, 4.69) is 11.4 Å². The molecule has 2 heterocycles. The Morgan fingerprint density at radius 2 is 2.29 bits per heavy atom. The van der Waals surface area contributed by atoms with E-state index >= 15 is 0 Å². The molecule has 0 saturated carbocycles. The molecular weight excluding hydrogens is 178 g/mol. The molecule has 1 saturated heterocycles. The standard InChI is InChI=1S/C11H19NO2/c1-2-5-14-11(3-1)8-12-7-10-4-6-13-9-10/h2,5,10-12H,1,3-4,6-9H2. The van der Waals surface area contributed by atoms with Crippen molar-refractivity contribution >= 4 is 0 Å². The topological polar surface area (TPSA) is 30.5 Å². The van der Waals surface area contributed by atoms with Gasteiger partial charge < -0.3 is 14.8 Å². The maximum atomic E-state index is 5.47. The van der Waals surface area contributed by atoms with Crippen molar-refractivity contribution in [2.45, 2.75) is 25.4 Å². The largest absolute Gasteiger partial charge is 0.497 e. The molecule has 0 aromatic rings. The van der Waals surface area contributed by atoms with Crippen LogP contribution in [-0.4, -0.2) is 32.4 Å². The molecule has 1 N–H and O–H groups in total. The van der Waals surface area contributed by atoms with Crippen LogP contribution in [0.15, 0.2) is 12.3 Å². The smallest absolute Gasteiger partial charge is 0.110 e. The van der Waals surface area contributed by atoms with Crippen LogP contribution in [0.2, 0.25) is 0 Å². The Balaban J connectivity index is 1.55. The zero-order valence-corrected chi connectivity index (χ0v) is 8.58. The summed E-state index contributed by atoms with van der Waals surface area (Å²) >= 11 is 0. The van der Waals surface area contributed by atoms with Crippen molar-refractivity contribution < 1.29 is 9.47 Å². The van der Waals surface area contributed by atoms with Crippen LogP contribution >= 0.6 is 0 Å². The zero-order chi connectivity index (χ0) is 9.64. The number of hydrogen-bond donors (Lipinski definition) is 1. The van der Waals surface area contributed by atoms with Crippen molar-refractivity contribution in [3.8, 4) is 0 Å². The van der Waals surface area contributed by atoms with Gasteiger partial charge in [-0.05, 0) is 31.3 Å². The lowest BCUT2D eigenvalue weighted by Crippen LogP contribution is -2.32. The highest BCUT2D eigenvalue weighted by molar-refractivity contribution is 4.83. The van der Waals surface area contributed by atoms with Gasteiger partial charge in [-0.3, -0.25) is 0 Å². The van der Waals surface area contributed by atoms with Crippen molar-refractivity contribution in [3.05, 3.63) is 12.3 Å². The van der Waals surface area contributed by atoms with Gasteiger partial charge in [0, 0.05) is 19.7 Å². The Kier molecular flexibility index (Phi) is 3.83. The maximum absolute atomic E-state index is 5.47. The Bertz CT molecular complexity index is 188. The summed E-state index contributed by atoms with van der Waals surface area (Å²) in [7, 11) is 0. The van der Waals surface area contributed by atoms with Crippen LogP contribution in [0.5, 0.6) is 0 Å². The molecular formula is C11H19NO2. The molecule has 0 aliphatic carbocycles. The number of nitrogens with one attached hydrogen (secondary N) is 1. The molecule has 3 nitrogen and oxygen atoms in total. The van der Waals surface area contributed by atoms with Crippen molar-refractivity contribution in [1.29, 1.82) is 0 Å². The molecule has 1 fully saturated rings. The Hall–Kier alpha value is -0.540. The third-order valence-electron chi connectivity index (χ3n) is 2.85. The van der Waals surface area contributed by atoms with Crippen LogP contribution in [0.4, 0.5) is 0 Å². The van der Waals surface area contributed by atoms with E-state index in [1.54, 1.807) is 0 Å². The fourth-order valence-corrected chi connectivity index (χ4v) is 1.93. The van der Waals surface area contributed by atoms with Gasteiger partial charge in [0.1, 0.15) is 6.10 Å². The van der Waals surface area contributed by atoms with Gasteiger partial charge in [-0.2, -0.15) is 0 Å². The van der Waals surface area contributed by atoms with E-state index < -0.39 is 0 Å². The number of hydrogen-bond acceptors (Lipinski definition) is 3. The predicted molar refractivity (Wildman–Crippen MR) is 55.0 cm³/mol. The molecule has 0 amide bonds. The average Bonchev–Trinajstić information content (AvgIpc) is 2.72. The molecule has 0 spiro atoms. The van der Waals surface area contributed by atoms with Crippen molar-refractivity contribution in [3.63, 3.8) is 0 Å². The fourth-order valence-electron chi connectivity index (χ4n) is 1.93. The second-order valence-corrected chi connectivity index (χ2v) is 4.10. The third-order valence-corrected chi connectivity index (χ3v) is 2.85. The van der Waals surface area contributed by atoms with Crippen molar-refractivity contribution in [2.75, 3.05) is 26.3 Å². The minimum atomic E-state index is 0.377. The van der Waals surface area contributed by atoms with Crippen LogP contribution in [0, 0.1) is 5.92 Å². The highest BCUT2D eigenvalue weighted by Crippen LogP contribution is 2.12. The van der Waals surface area contributed by atoms with Gasteiger partial charge in [0.25, 0.3) is 0 Å². The van der Waals surface area contributed by atoms with Crippen LogP contribution in [-0.2, 0) is 9.47 Å². The van der Waals surface area contributed by atoms with E-state index in [0.29, 0.717) is 12.0 Å². The first-order chi connectivity index (χ1) is 6.95. The van der Waals surface area contributed by atoms with Crippen LogP contribution in [0.3, 0.4) is 0 Å². The minimum absolute atomic E-state index is 0.377. The lowest BCUT2D eigenvalue weighted by molar-refractivity contribution is 0.120. The average molecular weight is 197 g/mol. The van der Waals surface area contributed by atoms with E-state index in [0.717, 1.165) is 39.1 Å². The van der Waals surface area contributed by atoms with E-state index in [1.807, 2.05) is 6.26 Å². The lowest BCUT2D eigenvalue weighted by atomic mass is 10.1. The first-order valence-corrected chi connectivity index (χ1v) is 5.54. The molecule has 2 aliphatic rings. The van der Waals surface area contributed by atoms with Gasteiger partial charge in [-0.15, -0.1) is 0 Å². The molecule has 0 radical (unpaired) electrons. The number of ether oxygens (including phenoxy) is 2. The van der Waals surface area contributed by atoms with E-state index in [9.17, 15) is 0 Å². The number of allylic oxidation sites excluding steroid dienone is 1. The maximum Gasteiger partial charge on any atom is 0.110 e. The summed E-state index contributed by atoms with van der Waals surface area (Å²) in [6, 6.07) is 0. The Morgan fingerprint density at radius 1 is 1.29 bits per heavy atom. The molecule has 0 aromatic heterocycles. The Labute approximate surface area is 85.5 Å². The number of rotatable bonds is 4. The predicted octanol–water partition coefficient (Wildman–Crippen LogP) is 1.31. The van der Waals surface area contributed by atoms with Crippen molar-refractivity contribution in [1.82, 2.24) is 5.32 Å². The SMILES string of the molecule is C1=COC(CNCC2CCOC2)CC1. The van der Waals surface area contributed by atoms with Gasteiger partial charge in [-0.1, -0.05) is 0 Å². The molecule has 2 aliphatic heterocycles. The molecule has 2 unspecified atom stereocenters. The summed E-state index contributed by atoms with van der Waals surface area (Å²) in [5, 5.41) is 3.46. The van der Waals surface area contributed by atoms with Gasteiger partial charge in [0.05, 0.1) is 12.9 Å². The summed E-state index contributed by atoms with van der Waals surface area (Å²) in [6.07, 6.45) is 7.79. The summed E-state index contributed by atoms with van der Waals surface area (Å²) < 4.78 is 10.8. The minimum Gasteiger partial charge on any atom is -0.497 e. The van der Waals surface area contributed by atoms with E-state index in [-0.39, 0.29) is 0 Å². The van der Waals surface area contributed by atoms with Gasteiger partial charge >= 0.3 is 0 Å². The molecule has 3 heteroatoms. The molecule has 2 atom stereocenters. The monoisotopic (exact) mass is 197 g/mol. The quantitative estimate of drug-likeness (QED) is 0.737. The summed E-state index contributed by atoms with van der Waals surface area (Å²) in [5.41, 5.74) is 0. The lowest BCUT2D eigenvalue weighted by Gasteiger charge is -2.20. The van der Waals surface area contributed by atoms with Crippen LogP contribution in [0.1, 0.15) is 19.3 Å². The zero-order valence-electron chi connectivity index (χ0n) is 8.58. The first kappa shape index (κ1) is 9.99. The van der Waals surface area contributed by atoms with Crippen LogP contribution < -0.4 is 5.32 Å². The highest BCUT2D eigenvalue weighted by atomic mass is 16.5. The highest BCUT2D eigenvalue weighted by Gasteiger charge is 2.16. The van der Waals surface area contributed by atoms with Crippen molar-refractivity contribution in [2.24, 2.45) is 5.92 Å². The molecule has 2 rings (SSSR count). The fraction of sp³-hybridized carbons (Fsp3) is 0.818. The second-order valence-electron chi connectivity index (χ2n) is 4.10. The molecule has 80 valence electrons. The summed E-state index contributed by atoms with van der Waals surface area (Å²) in [6.45, 7) is 3.91. The summed E-state index contributed by atoms with van der Waals surface area (Å²) in [5.74, 6) is 0.717. The van der Waals surface area contributed by atoms with Gasteiger partial charge in [0.2, 0.25) is 0 Å². The third kappa shape index (κ3) is 3.00. The second kappa shape index (κ2) is 5.37. The van der Waals surface area contributed by atoms with E-state index in [4.69, 9.17) is 9.47 Å². The molecule has 0 aromatic carbocycles. The first-order valence-electron chi connectivity index (χ1n) is 5.54. The molecule has 0 bridgehead atoms. The van der Waals surface area contributed by atoms with Gasteiger partial charge in [-0.25, -0.2) is 0 Å². The van der Waals surface area contributed by atoms with E-state index in [1.165, 1.54) is 6.42 Å². The Morgan fingerprint density at radius 3 is 3.00 bits per heavy atom. The van der Waals surface area contributed by atoms with Gasteiger partial charge in [0.15, 0.2) is 0 Å².